The lowest BCUT2D eigenvalue weighted by Crippen LogP contribution is -2.52. The van der Waals surface area contributed by atoms with Crippen molar-refractivity contribution in [3.05, 3.63) is 0 Å². The Morgan fingerprint density at radius 2 is 2.05 bits per heavy atom. The van der Waals surface area contributed by atoms with Gasteiger partial charge in [-0.2, -0.15) is 4.31 Å². The quantitative estimate of drug-likeness (QED) is 0.693. The van der Waals surface area contributed by atoms with Gasteiger partial charge in [0.05, 0.1) is 19.0 Å². The van der Waals surface area contributed by atoms with Crippen LogP contribution >= 0.6 is 0 Å². The van der Waals surface area contributed by atoms with Crippen molar-refractivity contribution in [2.75, 3.05) is 39.0 Å². The number of hydrogen-bond donors (Lipinski definition) is 1. The SMILES string of the molecule is CS(=O)(=O)N(CC(=O)O)CC1CN(C(=O)C2CCC2)CCO1. The van der Waals surface area contributed by atoms with E-state index in [1.807, 2.05) is 0 Å². The van der Waals surface area contributed by atoms with E-state index in [0.717, 1.165) is 29.8 Å². The molecule has 0 aromatic carbocycles. The number of hydrogen-bond acceptors (Lipinski definition) is 5. The van der Waals surface area contributed by atoms with E-state index in [1.54, 1.807) is 4.90 Å². The summed E-state index contributed by atoms with van der Waals surface area (Å²) in [7, 11) is -3.64. The Morgan fingerprint density at radius 1 is 1.36 bits per heavy atom. The zero-order valence-electron chi connectivity index (χ0n) is 12.6. The zero-order valence-corrected chi connectivity index (χ0v) is 13.4. The number of morpholine rings is 1. The summed E-state index contributed by atoms with van der Waals surface area (Å²) < 4.78 is 29.7. The van der Waals surface area contributed by atoms with Crippen LogP contribution in [0, 0.1) is 5.92 Å². The number of aliphatic carboxylic acids is 1. The van der Waals surface area contributed by atoms with Crippen LogP contribution in [0.1, 0.15) is 19.3 Å². The van der Waals surface area contributed by atoms with Gasteiger partial charge in [0.15, 0.2) is 0 Å². The van der Waals surface area contributed by atoms with Gasteiger partial charge in [0.2, 0.25) is 15.9 Å². The number of ether oxygens (including phenoxy) is 1. The third-order valence-corrected chi connectivity index (χ3v) is 5.31. The van der Waals surface area contributed by atoms with E-state index in [0.29, 0.717) is 19.7 Å². The normalized spacial score (nSPS) is 23.4. The molecule has 9 heteroatoms. The van der Waals surface area contributed by atoms with Gasteiger partial charge in [0.25, 0.3) is 0 Å². The van der Waals surface area contributed by atoms with Crippen molar-refractivity contribution in [3.8, 4) is 0 Å². The van der Waals surface area contributed by atoms with Gasteiger partial charge in [-0.15, -0.1) is 0 Å². The maximum atomic E-state index is 12.2. The van der Waals surface area contributed by atoms with Crippen LogP contribution in [0.25, 0.3) is 0 Å². The van der Waals surface area contributed by atoms with Crippen LogP contribution in [0.3, 0.4) is 0 Å². The van der Waals surface area contributed by atoms with Crippen molar-refractivity contribution in [2.24, 2.45) is 5.92 Å². The van der Waals surface area contributed by atoms with E-state index in [-0.39, 0.29) is 18.4 Å². The van der Waals surface area contributed by atoms with Crippen molar-refractivity contribution in [2.45, 2.75) is 25.4 Å². The number of amides is 1. The van der Waals surface area contributed by atoms with Crippen LogP contribution in [0.5, 0.6) is 0 Å². The summed E-state index contributed by atoms with van der Waals surface area (Å²) in [4.78, 5) is 24.7. The molecule has 0 radical (unpaired) electrons. The molecule has 1 heterocycles. The molecule has 1 saturated heterocycles. The second kappa shape index (κ2) is 6.93. The fourth-order valence-corrected chi connectivity index (χ4v) is 3.42. The number of carboxylic acids is 1. The molecule has 0 aromatic rings. The van der Waals surface area contributed by atoms with E-state index >= 15 is 0 Å². The highest BCUT2D eigenvalue weighted by molar-refractivity contribution is 7.88. The van der Waals surface area contributed by atoms with Crippen LogP contribution in [0.15, 0.2) is 0 Å². The molecule has 2 rings (SSSR count). The summed E-state index contributed by atoms with van der Waals surface area (Å²) in [5, 5.41) is 8.82. The molecule has 1 amide bonds. The molecule has 2 fully saturated rings. The number of carboxylic acid groups (broad SMARTS) is 1. The molecule has 22 heavy (non-hydrogen) atoms. The van der Waals surface area contributed by atoms with E-state index < -0.39 is 28.6 Å². The fraction of sp³-hybridized carbons (Fsp3) is 0.846. The van der Waals surface area contributed by atoms with Crippen LogP contribution in [-0.2, 0) is 24.3 Å². The maximum Gasteiger partial charge on any atom is 0.318 e. The van der Waals surface area contributed by atoms with Gasteiger partial charge in [0.1, 0.15) is 6.54 Å². The first kappa shape index (κ1) is 17.2. The number of carbonyl (C=O) groups is 2. The van der Waals surface area contributed by atoms with Gasteiger partial charge < -0.3 is 14.7 Å². The van der Waals surface area contributed by atoms with Crippen molar-refractivity contribution < 1.29 is 27.9 Å². The lowest BCUT2D eigenvalue weighted by Gasteiger charge is -2.38. The van der Waals surface area contributed by atoms with Gasteiger partial charge >= 0.3 is 5.97 Å². The summed E-state index contributed by atoms with van der Waals surface area (Å²) >= 11 is 0. The van der Waals surface area contributed by atoms with Crippen LogP contribution in [-0.4, -0.2) is 79.8 Å². The van der Waals surface area contributed by atoms with Crippen molar-refractivity contribution in [3.63, 3.8) is 0 Å². The van der Waals surface area contributed by atoms with Crippen molar-refractivity contribution >= 4 is 21.9 Å². The molecule has 8 nitrogen and oxygen atoms in total. The minimum atomic E-state index is -3.64. The monoisotopic (exact) mass is 334 g/mol. The topological polar surface area (TPSA) is 104 Å². The summed E-state index contributed by atoms with van der Waals surface area (Å²) in [5.74, 6) is -1.03. The smallest absolute Gasteiger partial charge is 0.318 e. The molecule has 1 aliphatic heterocycles. The standard InChI is InChI=1S/C13H22N2O6S/c1-22(19,20)15(9-12(16)17)8-11-7-14(5-6-21-11)13(18)10-3-2-4-10/h10-11H,2-9H2,1H3,(H,16,17). The van der Waals surface area contributed by atoms with Crippen molar-refractivity contribution in [1.29, 1.82) is 0 Å². The molecule has 1 aliphatic carbocycles. The predicted molar refractivity (Wildman–Crippen MR) is 77.7 cm³/mol. The Hall–Kier alpha value is -1.19. The molecule has 2 aliphatic rings. The van der Waals surface area contributed by atoms with Crippen LogP contribution in [0.4, 0.5) is 0 Å². The van der Waals surface area contributed by atoms with Gasteiger partial charge in [-0.3, -0.25) is 9.59 Å². The third-order valence-electron chi connectivity index (χ3n) is 4.09. The second-order valence-electron chi connectivity index (χ2n) is 5.85. The summed E-state index contributed by atoms with van der Waals surface area (Å²) in [6.07, 6.45) is 3.37. The lowest BCUT2D eigenvalue weighted by atomic mass is 9.84. The van der Waals surface area contributed by atoms with Gasteiger partial charge in [-0.1, -0.05) is 6.42 Å². The average molecular weight is 334 g/mol. The van der Waals surface area contributed by atoms with Gasteiger partial charge in [-0.25, -0.2) is 8.42 Å². The largest absolute Gasteiger partial charge is 0.480 e. The number of rotatable bonds is 6. The molecular formula is C13H22N2O6S. The van der Waals surface area contributed by atoms with E-state index in [4.69, 9.17) is 9.84 Å². The Morgan fingerprint density at radius 3 is 2.55 bits per heavy atom. The molecule has 0 spiro atoms. The minimum absolute atomic E-state index is 0.0560. The number of sulfonamides is 1. The second-order valence-corrected chi connectivity index (χ2v) is 7.84. The van der Waals surface area contributed by atoms with E-state index in [9.17, 15) is 18.0 Å². The van der Waals surface area contributed by atoms with Crippen molar-refractivity contribution in [1.82, 2.24) is 9.21 Å². The molecule has 1 N–H and O–H groups in total. The highest BCUT2D eigenvalue weighted by atomic mass is 32.2. The molecule has 0 aromatic heterocycles. The lowest BCUT2D eigenvalue weighted by molar-refractivity contribution is -0.146. The Balaban J connectivity index is 1.95. The zero-order chi connectivity index (χ0) is 16.3. The number of nitrogens with zero attached hydrogens (tertiary/aromatic N) is 2. The number of carbonyl (C=O) groups excluding carboxylic acids is 1. The third kappa shape index (κ3) is 4.40. The summed E-state index contributed by atoms with van der Waals surface area (Å²) in [6.45, 7) is 0.493. The molecule has 1 saturated carbocycles. The summed E-state index contributed by atoms with van der Waals surface area (Å²) in [6, 6.07) is 0. The Labute approximate surface area is 130 Å². The summed E-state index contributed by atoms with van der Waals surface area (Å²) in [5.41, 5.74) is 0. The first-order valence-corrected chi connectivity index (χ1v) is 9.19. The van der Waals surface area contributed by atoms with Gasteiger partial charge in [-0.05, 0) is 12.8 Å². The molecular weight excluding hydrogens is 312 g/mol. The molecule has 0 bridgehead atoms. The highest BCUT2D eigenvalue weighted by Gasteiger charge is 2.34. The molecule has 1 unspecified atom stereocenters. The highest BCUT2D eigenvalue weighted by Crippen LogP contribution is 2.28. The first-order chi connectivity index (χ1) is 10.3. The minimum Gasteiger partial charge on any atom is -0.480 e. The maximum absolute atomic E-state index is 12.2. The van der Waals surface area contributed by atoms with Gasteiger partial charge in [0, 0.05) is 25.6 Å². The van der Waals surface area contributed by atoms with Crippen LogP contribution < -0.4 is 0 Å². The predicted octanol–water partition coefficient (Wildman–Crippen LogP) is -0.640. The average Bonchev–Trinajstić information content (AvgIpc) is 2.34. The molecule has 126 valence electrons. The fourth-order valence-electron chi connectivity index (χ4n) is 2.64. The Kier molecular flexibility index (Phi) is 5.41. The first-order valence-electron chi connectivity index (χ1n) is 7.34. The van der Waals surface area contributed by atoms with Crippen LogP contribution in [0.2, 0.25) is 0 Å². The molecule has 1 atom stereocenters. The van der Waals surface area contributed by atoms with E-state index in [2.05, 4.69) is 0 Å². The Bertz CT molecular complexity index is 531. The van der Waals surface area contributed by atoms with E-state index in [1.165, 1.54) is 0 Å².